The van der Waals surface area contributed by atoms with Gasteiger partial charge in [-0.05, 0) is 80.3 Å². The van der Waals surface area contributed by atoms with Crippen molar-refractivity contribution in [2.24, 2.45) is 0 Å². The Kier molecular flexibility index (Phi) is 9.36. The molecule has 0 aliphatic carbocycles. The Bertz CT molecular complexity index is 2140. The Morgan fingerprint density at radius 3 is 0.920 bits per heavy atom. The van der Waals surface area contributed by atoms with E-state index in [0.717, 1.165) is 13.1 Å². The summed E-state index contributed by atoms with van der Waals surface area (Å²) in [6, 6.07) is 67.7. The molecule has 0 aliphatic heterocycles. The fourth-order valence-corrected chi connectivity index (χ4v) is 12.3. The minimum atomic E-state index is -0.905. The smallest absolute Gasteiger partial charge is 0.100 e. The van der Waals surface area contributed by atoms with Crippen LogP contribution in [0.1, 0.15) is 11.1 Å². The van der Waals surface area contributed by atoms with Gasteiger partial charge in [-0.2, -0.15) is 0 Å². The molecule has 0 aromatic heterocycles. The van der Waals surface area contributed by atoms with Gasteiger partial charge in [-0.1, -0.05) is 182 Å². The van der Waals surface area contributed by atoms with E-state index < -0.39 is 15.8 Å². The highest BCUT2D eigenvalue weighted by molar-refractivity contribution is 7.80. The summed E-state index contributed by atoms with van der Waals surface area (Å²) in [5.74, 6) is 0. The molecule has 0 bridgehead atoms. The van der Waals surface area contributed by atoms with E-state index in [2.05, 4.69) is 193 Å². The molecule has 8 aromatic carbocycles. The van der Waals surface area contributed by atoms with Crippen molar-refractivity contribution in [1.82, 2.24) is 0 Å². The molecule has 0 heterocycles. The average Bonchev–Trinajstić information content (AvgIpc) is 3.19. The highest BCUT2D eigenvalue weighted by atomic mass is 31.1. The van der Waals surface area contributed by atoms with Crippen LogP contribution in [-0.2, 0) is 13.1 Å². The van der Waals surface area contributed by atoms with Crippen LogP contribution in [0.4, 0.5) is 0 Å². The molecule has 0 atom stereocenters. The Morgan fingerprint density at radius 1 is 0.300 bits per heavy atom. The van der Waals surface area contributed by atoms with E-state index in [1.54, 1.807) is 0 Å². The molecular weight excluding hydrogens is 642 g/mol. The summed E-state index contributed by atoms with van der Waals surface area (Å²) in [6.45, 7) is 1.47. The predicted octanol–water partition coefficient (Wildman–Crippen LogP) is 6.66. The normalized spacial score (nSPS) is 11.5. The highest BCUT2D eigenvalue weighted by Crippen LogP contribution is 2.46. The van der Waals surface area contributed by atoms with E-state index in [1.165, 1.54) is 75.6 Å². The van der Waals surface area contributed by atoms with Crippen LogP contribution in [0, 0.1) is 0 Å². The van der Waals surface area contributed by atoms with Crippen LogP contribution in [0.15, 0.2) is 182 Å². The summed E-state index contributed by atoms with van der Waals surface area (Å²) in [5.41, 5.74) is 13.9. The Hall–Kier alpha value is -4.94. The molecule has 0 fully saturated rings. The number of rotatable bonds is 9. The topological polar surface area (TPSA) is 55.3 Å². The van der Waals surface area contributed by atoms with E-state index in [4.69, 9.17) is 0 Å². The van der Waals surface area contributed by atoms with Gasteiger partial charge in [0.15, 0.2) is 0 Å². The molecule has 8 rings (SSSR count). The summed E-state index contributed by atoms with van der Waals surface area (Å²) in [4.78, 5) is 0. The number of fused-ring (bicyclic) bond motifs is 2. The monoisotopic (exact) mass is 682 g/mol. The molecule has 4 heteroatoms. The van der Waals surface area contributed by atoms with Gasteiger partial charge in [-0.15, -0.1) is 0 Å². The third-order valence-electron chi connectivity index (χ3n) is 9.59. The molecule has 6 N–H and O–H groups in total. The SMILES string of the molecule is [NH3+]Cc1cccc2c(-c3c(P(c4ccccc4)c4ccccc4)ccc4c(C[NH3+])cccc34)c(P(c3ccccc3)c3ccccc3)ccc12. The first-order valence-corrected chi connectivity index (χ1v) is 19.9. The second-order valence-corrected chi connectivity index (χ2v) is 16.8. The van der Waals surface area contributed by atoms with Crippen LogP contribution in [-0.4, -0.2) is 0 Å². The Morgan fingerprint density at radius 2 is 0.620 bits per heavy atom. The second kappa shape index (κ2) is 14.5. The molecule has 50 heavy (non-hydrogen) atoms. The lowest BCUT2D eigenvalue weighted by molar-refractivity contribution is -0.386. The van der Waals surface area contributed by atoms with Gasteiger partial charge in [0.2, 0.25) is 0 Å². The van der Waals surface area contributed by atoms with Crippen molar-refractivity contribution in [3.05, 3.63) is 193 Å². The maximum absolute atomic E-state index is 4.36. The van der Waals surface area contributed by atoms with Crippen molar-refractivity contribution in [3.8, 4) is 11.1 Å². The van der Waals surface area contributed by atoms with Gasteiger partial charge in [0, 0.05) is 11.1 Å². The number of hydrogen-bond acceptors (Lipinski definition) is 0. The zero-order valence-corrected chi connectivity index (χ0v) is 29.8. The highest BCUT2D eigenvalue weighted by Gasteiger charge is 2.28. The summed E-state index contributed by atoms with van der Waals surface area (Å²) in [5, 5.41) is 13.2. The van der Waals surface area contributed by atoms with Gasteiger partial charge in [-0.3, -0.25) is 0 Å². The molecule has 0 radical (unpaired) electrons. The molecule has 8 aromatic rings. The molecule has 0 unspecified atom stereocenters. The largest absolute Gasteiger partial charge is 0.354 e. The first kappa shape index (κ1) is 32.3. The number of quaternary nitrogens is 2. The van der Waals surface area contributed by atoms with E-state index in [9.17, 15) is 0 Å². The van der Waals surface area contributed by atoms with Crippen LogP contribution in [0.3, 0.4) is 0 Å². The number of benzene rings is 8. The zero-order chi connectivity index (χ0) is 33.9. The standard InChI is InChI=1S/C46H38N2P2/c47-31-33-15-13-25-41-39(33)27-29-43(49(35-17-5-1-6-18-35)36-19-7-2-8-20-36)45(41)46-42-26-14-16-34(32-48)40(42)28-30-44(46)50(37-21-9-3-10-22-37)38-23-11-4-12-24-38/h1-30H,31-32,47-48H2/p+2. The molecular formula is C46H40N2P2+2. The van der Waals surface area contributed by atoms with E-state index >= 15 is 0 Å². The lowest BCUT2D eigenvalue weighted by Crippen LogP contribution is -2.47. The van der Waals surface area contributed by atoms with E-state index in [0.29, 0.717) is 0 Å². The van der Waals surface area contributed by atoms with Gasteiger partial charge >= 0.3 is 0 Å². The lowest BCUT2D eigenvalue weighted by atomic mass is 9.91. The van der Waals surface area contributed by atoms with Gasteiger partial charge in [0.05, 0.1) is 0 Å². The summed E-state index contributed by atoms with van der Waals surface area (Å²) >= 11 is 0. The van der Waals surface area contributed by atoms with Crippen LogP contribution in [0.2, 0.25) is 0 Å². The van der Waals surface area contributed by atoms with Crippen molar-refractivity contribution >= 4 is 69.2 Å². The van der Waals surface area contributed by atoms with Crippen molar-refractivity contribution in [3.63, 3.8) is 0 Å². The van der Waals surface area contributed by atoms with Gasteiger partial charge in [-0.25, -0.2) is 0 Å². The van der Waals surface area contributed by atoms with Crippen LogP contribution >= 0.6 is 15.8 Å². The fraction of sp³-hybridized carbons (Fsp3) is 0.0435. The quantitative estimate of drug-likeness (QED) is 0.160. The Balaban J connectivity index is 1.57. The Labute approximate surface area is 296 Å². The van der Waals surface area contributed by atoms with E-state index in [-0.39, 0.29) is 0 Å². The predicted molar refractivity (Wildman–Crippen MR) is 217 cm³/mol. The van der Waals surface area contributed by atoms with Crippen LogP contribution in [0.25, 0.3) is 32.7 Å². The van der Waals surface area contributed by atoms with Crippen molar-refractivity contribution in [2.45, 2.75) is 13.1 Å². The first-order chi connectivity index (χ1) is 24.8. The molecule has 0 saturated heterocycles. The lowest BCUT2D eigenvalue weighted by Gasteiger charge is -2.29. The maximum atomic E-state index is 4.36. The molecule has 242 valence electrons. The number of hydrogen-bond donors (Lipinski definition) is 2. The third kappa shape index (κ3) is 5.96. The summed E-state index contributed by atoms with van der Waals surface area (Å²) < 4.78 is 0. The summed E-state index contributed by atoms with van der Waals surface area (Å²) in [7, 11) is -1.81. The van der Waals surface area contributed by atoms with E-state index in [1.807, 2.05) is 0 Å². The van der Waals surface area contributed by atoms with Crippen molar-refractivity contribution in [2.75, 3.05) is 0 Å². The second-order valence-electron chi connectivity index (χ2n) is 12.5. The molecule has 0 amide bonds. The minimum Gasteiger partial charge on any atom is -0.354 e. The summed E-state index contributed by atoms with van der Waals surface area (Å²) in [6.07, 6.45) is 0. The zero-order valence-electron chi connectivity index (χ0n) is 28.0. The molecule has 0 spiro atoms. The maximum Gasteiger partial charge on any atom is 0.100 e. The minimum absolute atomic E-state index is 0.733. The average molecular weight is 683 g/mol. The van der Waals surface area contributed by atoms with Gasteiger partial charge < -0.3 is 11.5 Å². The van der Waals surface area contributed by atoms with Gasteiger partial charge in [0.25, 0.3) is 0 Å². The molecule has 0 saturated carbocycles. The van der Waals surface area contributed by atoms with Crippen molar-refractivity contribution < 1.29 is 11.5 Å². The fourth-order valence-electron chi connectivity index (χ4n) is 7.32. The molecule has 2 nitrogen and oxygen atoms in total. The van der Waals surface area contributed by atoms with Gasteiger partial charge in [0.1, 0.15) is 13.1 Å². The van der Waals surface area contributed by atoms with Crippen LogP contribution < -0.4 is 43.3 Å². The first-order valence-electron chi connectivity index (χ1n) is 17.3. The van der Waals surface area contributed by atoms with Crippen molar-refractivity contribution in [1.29, 1.82) is 0 Å². The van der Waals surface area contributed by atoms with Crippen LogP contribution in [0.5, 0.6) is 0 Å². The molecule has 0 aliphatic rings. The third-order valence-corrected chi connectivity index (χ3v) is 14.6.